The van der Waals surface area contributed by atoms with Gasteiger partial charge in [0.05, 0.1) is 0 Å². The van der Waals surface area contributed by atoms with Gasteiger partial charge < -0.3 is 10.0 Å². The monoisotopic (exact) mass is 253 g/mol. The van der Waals surface area contributed by atoms with Gasteiger partial charge in [-0.15, -0.1) is 0 Å². The molecule has 2 rings (SSSR count). The molecule has 102 valence electrons. The summed E-state index contributed by atoms with van der Waals surface area (Å²) in [6.45, 7) is 2.63. The van der Waals surface area contributed by atoms with E-state index in [1.807, 2.05) is 6.92 Å². The number of carboxylic acids is 1. The van der Waals surface area contributed by atoms with Crippen molar-refractivity contribution < 1.29 is 14.7 Å². The van der Waals surface area contributed by atoms with E-state index in [9.17, 15) is 9.59 Å². The van der Waals surface area contributed by atoms with Crippen LogP contribution < -0.4 is 0 Å². The van der Waals surface area contributed by atoms with Gasteiger partial charge in [0.2, 0.25) is 5.91 Å². The molecule has 4 heteroatoms. The minimum absolute atomic E-state index is 0.0543. The SMILES string of the molecule is C[C@@H]1CC(C(=O)O)N(C(=O)CC2CCCCC2)C1. The zero-order chi connectivity index (χ0) is 13.1. The highest BCUT2D eigenvalue weighted by Gasteiger charge is 2.38. The molecule has 0 bridgehead atoms. The van der Waals surface area contributed by atoms with Crippen LogP contribution in [0.25, 0.3) is 0 Å². The van der Waals surface area contributed by atoms with Crippen LogP contribution in [0.1, 0.15) is 51.9 Å². The summed E-state index contributed by atoms with van der Waals surface area (Å²) in [5.74, 6) is -0.00648. The van der Waals surface area contributed by atoms with Gasteiger partial charge >= 0.3 is 5.97 Å². The topological polar surface area (TPSA) is 57.6 Å². The zero-order valence-electron chi connectivity index (χ0n) is 11.1. The van der Waals surface area contributed by atoms with Gasteiger partial charge in [0.25, 0.3) is 0 Å². The predicted molar refractivity (Wildman–Crippen MR) is 68.1 cm³/mol. The van der Waals surface area contributed by atoms with Crippen LogP contribution in [0.3, 0.4) is 0 Å². The summed E-state index contributed by atoms with van der Waals surface area (Å²) < 4.78 is 0. The standard InChI is InChI=1S/C14H23NO3/c1-10-7-12(14(17)18)15(9-10)13(16)8-11-5-3-2-4-6-11/h10-12H,2-9H2,1H3,(H,17,18)/t10-,12?/m1/s1. The number of hydrogen-bond donors (Lipinski definition) is 1. The fraction of sp³-hybridized carbons (Fsp3) is 0.857. The Morgan fingerprint density at radius 2 is 1.89 bits per heavy atom. The summed E-state index contributed by atoms with van der Waals surface area (Å²) in [6.07, 6.45) is 7.14. The maximum absolute atomic E-state index is 12.2. The van der Waals surface area contributed by atoms with Crippen molar-refractivity contribution >= 4 is 11.9 Å². The van der Waals surface area contributed by atoms with Crippen LogP contribution in [0, 0.1) is 11.8 Å². The molecule has 1 N–H and O–H groups in total. The molecular weight excluding hydrogens is 230 g/mol. The highest BCUT2D eigenvalue weighted by atomic mass is 16.4. The van der Waals surface area contributed by atoms with E-state index in [2.05, 4.69) is 0 Å². The molecule has 1 amide bonds. The lowest BCUT2D eigenvalue weighted by Gasteiger charge is -2.26. The van der Waals surface area contributed by atoms with Gasteiger partial charge in [0.15, 0.2) is 0 Å². The van der Waals surface area contributed by atoms with Crippen molar-refractivity contribution in [3.8, 4) is 0 Å². The summed E-state index contributed by atoms with van der Waals surface area (Å²) in [5.41, 5.74) is 0. The Morgan fingerprint density at radius 3 is 2.50 bits per heavy atom. The van der Waals surface area contributed by atoms with Crippen LogP contribution in [-0.4, -0.2) is 34.5 Å². The second-order valence-electron chi connectivity index (χ2n) is 5.95. The lowest BCUT2D eigenvalue weighted by molar-refractivity contribution is -0.148. The van der Waals surface area contributed by atoms with Gasteiger partial charge in [0, 0.05) is 13.0 Å². The van der Waals surface area contributed by atoms with E-state index in [4.69, 9.17) is 5.11 Å². The van der Waals surface area contributed by atoms with Crippen LogP contribution in [0.15, 0.2) is 0 Å². The first-order valence-corrected chi connectivity index (χ1v) is 7.10. The van der Waals surface area contributed by atoms with E-state index < -0.39 is 12.0 Å². The minimum Gasteiger partial charge on any atom is -0.480 e. The van der Waals surface area contributed by atoms with Crippen molar-refractivity contribution in [2.75, 3.05) is 6.54 Å². The van der Waals surface area contributed by atoms with E-state index in [-0.39, 0.29) is 5.91 Å². The van der Waals surface area contributed by atoms with Crippen LogP contribution in [0.4, 0.5) is 0 Å². The van der Waals surface area contributed by atoms with Gasteiger partial charge in [-0.05, 0) is 31.1 Å². The summed E-state index contributed by atoms with van der Waals surface area (Å²) in [4.78, 5) is 25.0. The molecule has 1 saturated carbocycles. The number of carboxylic acid groups (broad SMARTS) is 1. The minimum atomic E-state index is -0.851. The largest absolute Gasteiger partial charge is 0.480 e. The molecule has 1 saturated heterocycles. The van der Waals surface area contributed by atoms with Crippen molar-refractivity contribution in [2.45, 2.75) is 57.9 Å². The second-order valence-corrected chi connectivity index (χ2v) is 5.95. The number of carbonyl (C=O) groups excluding carboxylic acids is 1. The smallest absolute Gasteiger partial charge is 0.326 e. The molecule has 0 radical (unpaired) electrons. The van der Waals surface area contributed by atoms with Crippen LogP contribution in [-0.2, 0) is 9.59 Å². The predicted octanol–water partition coefficient (Wildman–Crippen LogP) is 2.28. The number of nitrogens with zero attached hydrogens (tertiary/aromatic N) is 1. The van der Waals surface area contributed by atoms with E-state index in [1.165, 1.54) is 19.3 Å². The number of likely N-dealkylation sites (tertiary alicyclic amines) is 1. The molecule has 0 aromatic rings. The molecule has 1 aliphatic carbocycles. The number of carbonyl (C=O) groups is 2. The van der Waals surface area contributed by atoms with E-state index in [0.717, 1.165) is 12.8 Å². The number of aliphatic carboxylic acids is 1. The average Bonchev–Trinajstić information content (AvgIpc) is 2.73. The molecule has 1 heterocycles. The van der Waals surface area contributed by atoms with Crippen molar-refractivity contribution in [3.63, 3.8) is 0 Å². The Kier molecular flexibility index (Phi) is 4.25. The number of rotatable bonds is 3. The Labute approximate surface area is 108 Å². The molecule has 0 spiro atoms. The quantitative estimate of drug-likeness (QED) is 0.839. The molecule has 2 fully saturated rings. The van der Waals surface area contributed by atoms with Crippen molar-refractivity contribution in [1.82, 2.24) is 4.90 Å². The fourth-order valence-corrected chi connectivity index (χ4v) is 3.31. The fourth-order valence-electron chi connectivity index (χ4n) is 3.31. The van der Waals surface area contributed by atoms with Crippen molar-refractivity contribution in [2.24, 2.45) is 11.8 Å². The third-order valence-corrected chi connectivity index (χ3v) is 4.30. The summed E-state index contributed by atoms with van der Waals surface area (Å²) in [6, 6.07) is -0.587. The summed E-state index contributed by atoms with van der Waals surface area (Å²) >= 11 is 0. The Morgan fingerprint density at radius 1 is 1.22 bits per heavy atom. The average molecular weight is 253 g/mol. The summed E-state index contributed by atoms with van der Waals surface area (Å²) in [5, 5.41) is 9.16. The molecule has 2 atom stereocenters. The molecule has 2 aliphatic rings. The van der Waals surface area contributed by atoms with Gasteiger partial charge in [0.1, 0.15) is 6.04 Å². The van der Waals surface area contributed by atoms with Crippen LogP contribution in [0.2, 0.25) is 0 Å². The van der Waals surface area contributed by atoms with Crippen LogP contribution >= 0.6 is 0 Å². The van der Waals surface area contributed by atoms with Crippen LogP contribution in [0.5, 0.6) is 0 Å². The molecule has 18 heavy (non-hydrogen) atoms. The van der Waals surface area contributed by atoms with E-state index in [0.29, 0.717) is 31.2 Å². The number of amides is 1. The number of hydrogen-bond acceptors (Lipinski definition) is 2. The van der Waals surface area contributed by atoms with E-state index in [1.54, 1.807) is 4.90 Å². The lowest BCUT2D eigenvalue weighted by Crippen LogP contribution is -2.41. The molecule has 1 unspecified atom stereocenters. The van der Waals surface area contributed by atoms with Gasteiger partial charge in [-0.25, -0.2) is 4.79 Å². The summed E-state index contributed by atoms with van der Waals surface area (Å²) in [7, 11) is 0. The third kappa shape index (κ3) is 3.03. The van der Waals surface area contributed by atoms with Crippen molar-refractivity contribution in [3.05, 3.63) is 0 Å². The first-order chi connectivity index (χ1) is 8.58. The van der Waals surface area contributed by atoms with Gasteiger partial charge in [-0.3, -0.25) is 4.79 Å². The maximum Gasteiger partial charge on any atom is 0.326 e. The van der Waals surface area contributed by atoms with Gasteiger partial charge in [-0.1, -0.05) is 26.2 Å². The first-order valence-electron chi connectivity index (χ1n) is 7.10. The maximum atomic E-state index is 12.2. The molecule has 0 aromatic heterocycles. The Hall–Kier alpha value is -1.06. The molecular formula is C14H23NO3. The van der Waals surface area contributed by atoms with Gasteiger partial charge in [-0.2, -0.15) is 0 Å². The van der Waals surface area contributed by atoms with Crippen molar-refractivity contribution in [1.29, 1.82) is 0 Å². The highest BCUT2D eigenvalue weighted by molar-refractivity contribution is 5.84. The third-order valence-electron chi connectivity index (χ3n) is 4.30. The lowest BCUT2D eigenvalue weighted by atomic mass is 9.86. The second kappa shape index (κ2) is 5.72. The molecule has 4 nitrogen and oxygen atoms in total. The highest BCUT2D eigenvalue weighted by Crippen LogP contribution is 2.29. The zero-order valence-corrected chi connectivity index (χ0v) is 11.1. The normalized spacial score (nSPS) is 29.5. The molecule has 0 aromatic carbocycles. The molecule has 1 aliphatic heterocycles. The Bertz CT molecular complexity index is 323. The Balaban J connectivity index is 1.92. The van der Waals surface area contributed by atoms with E-state index >= 15 is 0 Å². The first kappa shape index (κ1) is 13.4.